The molecule has 0 atom stereocenters. The summed E-state index contributed by atoms with van der Waals surface area (Å²) in [7, 11) is 0. The number of anilines is 1. The van der Waals surface area contributed by atoms with Gasteiger partial charge in [-0.1, -0.05) is 19.1 Å². The first-order chi connectivity index (χ1) is 8.08. The summed E-state index contributed by atoms with van der Waals surface area (Å²) in [6.45, 7) is 4.73. The molecule has 0 saturated carbocycles. The average Bonchev–Trinajstić information content (AvgIpc) is 2.63. The van der Waals surface area contributed by atoms with Gasteiger partial charge in [-0.05, 0) is 34.0 Å². The number of nitrogen functional groups attached to an aromatic ring is 1. The fourth-order valence-corrected chi connectivity index (χ4v) is 1.93. The van der Waals surface area contributed by atoms with Crippen LogP contribution in [0.2, 0.25) is 0 Å². The Morgan fingerprint density at radius 3 is 2.76 bits per heavy atom. The predicted molar refractivity (Wildman–Crippen MR) is 69.6 cm³/mol. The lowest BCUT2D eigenvalue weighted by molar-refractivity contribution is 0.590. The van der Waals surface area contributed by atoms with E-state index in [1.54, 1.807) is 10.9 Å². The van der Waals surface area contributed by atoms with Crippen molar-refractivity contribution in [1.29, 1.82) is 0 Å². The second-order valence-electron chi connectivity index (χ2n) is 4.14. The molecule has 0 amide bonds. The monoisotopic (exact) mass is 295 g/mol. The summed E-state index contributed by atoms with van der Waals surface area (Å²) in [4.78, 5) is 4.31. The first kappa shape index (κ1) is 12.0. The van der Waals surface area contributed by atoms with Crippen LogP contribution in [0.3, 0.4) is 0 Å². The molecule has 0 aliphatic carbocycles. The van der Waals surface area contributed by atoms with Crippen molar-refractivity contribution in [3.63, 3.8) is 0 Å². The Hall–Kier alpha value is -1.43. The van der Waals surface area contributed by atoms with Gasteiger partial charge in [0.25, 0.3) is 0 Å². The van der Waals surface area contributed by atoms with E-state index >= 15 is 0 Å². The predicted octanol–water partition coefficient (Wildman–Crippen LogP) is 2.19. The van der Waals surface area contributed by atoms with Crippen molar-refractivity contribution < 1.29 is 0 Å². The Bertz CT molecular complexity index is 503. The Morgan fingerprint density at radius 2 is 2.18 bits per heavy atom. The van der Waals surface area contributed by atoms with E-state index in [1.165, 1.54) is 0 Å². The van der Waals surface area contributed by atoms with Crippen molar-refractivity contribution >= 4 is 21.7 Å². The van der Waals surface area contributed by atoms with Gasteiger partial charge in [0, 0.05) is 10.7 Å². The molecule has 0 unspecified atom stereocenters. The summed E-state index contributed by atoms with van der Waals surface area (Å²) >= 11 is 3.36. The molecule has 0 aliphatic heterocycles. The van der Waals surface area contributed by atoms with Gasteiger partial charge < -0.3 is 5.73 Å². The van der Waals surface area contributed by atoms with E-state index in [1.807, 2.05) is 12.1 Å². The van der Waals surface area contributed by atoms with Crippen LogP contribution < -0.4 is 5.73 Å². The summed E-state index contributed by atoms with van der Waals surface area (Å²) in [5.74, 6) is 0.789. The van der Waals surface area contributed by atoms with Crippen molar-refractivity contribution in [2.24, 2.45) is 0 Å². The maximum atomic E-state index is 5.80. The molecule has 6 heteroatoms. The van der Waals surface area contributed by atoms with Gasteiger partial charge in [-0.3, -0.25) is 4.98 Å². The molecule has 0 spiro atoms. The number of halogens is 1. The van der Waals surface area contributed by atoms with Crippen LogP contribution in [0.25, 0.3) is 0 Å². The fraction of sp³-hybridized carbons (Fsp3) is 0.364. The molecule has 0 fully saturated rings. The van der Waals surface area contributed by atoms with Crippen LogP contribution in [-0.4, -0.2) is 20.0 Å². The number of hydrogen-bond acceptors (Lipinski definition) is 4. The van der Waals surface area contributed by atoms with Crippen LogP contribution in [0.5, 0.6) is 0 Å². The zero-order valence-corrected chi connectivity index (χ0v) is 11.3. The van der Waals surface area contributed by atoms with Crippen LogP contribution in [0, 0.1) is 0 Å². The van der Waals surface area contributed by atoms with E-state index in [-0.39, 0.29) is 0 Å². The third-order valence-electron chi connectivity index (χ3n) is 2.45. The molecule has 2 aromatic heterocycles. The first-order valence-electron chi connectivity index (χ1n) is 5.37. The molecule has 0 saturated heterocycles. The molecule has 17 heavy (non-hydrogen) atoms. The Morgan fingerprint density at radius 1 is 1.41 bits per heavy atom. The SMILES string of the molecule is CC(C)c1c(N)nnn1Cc1ccc(Br)cn1. The topological polar surface area (TPSA) is 69.6 Å². The van der Waals surface area contributed by atoms with Crippen molar-refractivity contribution in [3.05, 3.63) is 34.2 Å². The van der Waals surface area contributed by atoms with Gasteiger partial charge in [0.15, 0.2) is 5.82 Å². The zero-order valence-electron chi connectivity index (χ0n) is 9.76. The summed E-state index contributed by atoms with van der Waals surface area (Å²) in [5.41, 5.74) is 7.68. The van der Waals surface area contributed by atoms with E-state index in [2.05, 4.69) is 45.1 Å². The highest BCUT2D eigenvalue weighted by atomic mass is 79.9. The van der Waals surface area contributed by atoms with Crippen molar-refractivity contribution in [1.82, 2.24) is 20.0 Å². The second-order valence-corrected chi connectivity index (χ2v) is 5.06. The first-order valence-corrected chi connectivity index (χ1v) is 6.16. The van der Waals surface area contributed by atoms with Gasteiger partial charge in [0.1, 0.15) is 0 Å². The molecular weight excluding hydrogens is 282 g/mol. The van der Waals surface area contributed by atoms with Gasteiger partial charge in [-0.2, -0.15) is 0 Å². The van der Waals surface area contributed by atoms with Gasteiger partial charge in [0.2, 0.25) is 0 Å². The molecular formula is C11H14BrN5. The molecule has 2 rings (SSSR count). The average molecular weight is 296 g/mol. The maximum Gasteiger partial charge on any atom is 0.169 e. The Labute approximate surface area is 108 Å². The lowest BCUT2D eigenvalue weighted by atomic mass is 10.1. The van der Waals surface area contributed by atoms with Gasteiger partial charge in [-0.15, -0.1) is 5.10 Å². The van der Waals surface area contributed by atoms with Crippen molar-refractivity contribution in [3.8, 4) is 0 Å². The third-order valence-corrected chi connectivity index (χ3v) is 2.92. The van der Waals surface area contributed by atoms with Crippen LogP contribution in [0.4, 0.5) is 5.82 Å². The van der Waals surface area contributed by atoms with Crippen molar-refractivity contribution in [2.45, 2.75) is 26.3 Å². The highest BCUT2D eigenvalue weighted by Crippen LogP contribution is 2.19. The van der Waals surface area contributed by atoms with Crippen molar-refractivity contribution in [2.75, 3.05) is 5.73 Å². The standard InChI is InChI=1S/C11H14BrN5/c1-7(2)10-11(13)15-16-17(10)6-9-4-3-8(12)5-14-9/h3-5,7H,6,13H2,1-2H3. The number of pyridine rings is 1. The van der Waals surface area contributed by atoms with Gasteiger partial charge in [-0.25, -0.2) is 4.68 Å². The van der Waals surface area contributed by atoms with E-state index < -0.39 is 0 Å². The van der Waals surface area contributed by atoms with Gasteiger partial charge in [0.05, 0.1) is 17.9 Å². The highest BCUT2D eigenvalue weighted by Gasteiger charge is 2.14. The van der Waals surface area contributed by atoms with Gasteiger partial charge >= 0.3 is 0 Å². The molecule has 0 bridgehead atoms. The molecule has 2 N–H and O–H groups in total. The van der Waals surface area contributed by atoms with E-state index in [0.717, 1.165) is 15.9 Å². The minimum atomic E-state index is 0.292. The number of nitrogens with two attached hydrogens (primary N) is 1. The number of aromatic nitrogens is 4. The second kappa shape index (κ2) is 4.83. The smallest absolute Gasteiger partial charge is 0.169 e. The lowest BCUT2D eigenvalue weighted by Crippen LogP contribution is -2.09. The number of rotatable bonds is 3. The van der Waals surface area contributed by atoms with E-state index in [9.17, 15) is 0 Å². The fourth-order valence-electron chi connectivity index (χ4n) is 1.70. The van der Waals surface area contributed by atoms with E-state index in [0.29, 0.717) is 18.3 Å². The number of nitrogens with zero attached hydrogens (tertiary/aromatic N) is 4. The quantitative estimate of drug-likeness (QED) is 0.942. The maximum absolute atomic E-state index is 5.80. The highest BCUT2D eigenvalue weighted by molar-refractivity contribution is 9.10. The molecule has 0 aromatic carbocycles. The molecule has 5 nitrogen and oxygen atoms in total. The van der Waals surface area contributed by atoms with Crippen LogP contribution >= 0.6 is 15.9 Å². The van der Waals surface area contributed by atoms with E-state index in [4.69, 9.17) is 5.73 Å². The minimum absolute atomic E-state index is 0.292. The summed E-state index contributed by atoms with van der Waals surface area (Å²) in [6.07, 6.45) is 1.77. The molecule has 0 aliphatic rings. The summed E-state index contributed by atoms with van der Waals surface area (Å²) in [6, 6.07) is 3.91. The lowest BCUT2D eigenvalue weighted by Gasteiger charge is -2.09. The third kappa shape index (κ3) is 2.63. The zero-order chi connectivity index (χ0) is 12.4. The molecule has 2 aromatic rings. The summed E-state index contributed by atoms with van der Waals surface area (Å²) in [5, 5.41) is 7.95. The molecule has 0 radical (unpaired) electrons. The largest absolute Gasteiger partial charge is 0.381 e. The van der Waals surface area contributed by atoms with Crippen LogP contribution in [0.15, 0.2) is 22.8 Å². The van der Waals surface area contributed by atoms with Crippen LogP contribution in [-0.2, 0) is 6.54 Å². The normalized spacial score (nSPS) is 11.1. The Balaban J connectivity index is 2.27. The van der Waals surface area contributed by atoms with Crippen LogP contribution in [0.1, 0.15) is 31.2 Å². The summed E-state index contributed by atoms with van der Waals surface area (Å²) < 4.78 is 2.76. The molecule has 90 valence electrons. The number of hydrogen-bond donors (Lipinski definition) is 1. The molecule has 2 heterocycles. The Kier molecular flexibility index (Phi) is 3.42. The minimum Gasteiger partial charge on any atom is -0.381 e.